The summed E-state index contributed by atoms with van der Waals surface area (Å²) in [6.45, 7) is 10.9. The lowest BCUT2D eigenvalue weighted by Crippen LogP contribution is -2.35. The van der Waals surface area contributed by atoms with Crippen molar-refractivity contribution in [1.29, 1.82) is 0 Å². The van der Waals surface area contributed by atoms with Crippen LogP contribution in [0.1, 0.15) is 54.1 Å². The van der Waals surface area contributed by atoms with E-state index in [9.17, 15) is 0 Å². The van der Waals surface area contributed by atoms with E-state index in [2.05, 4.69) is 90.8 Å². The molecule has 2 atom stereocenters. The molecule has 1 aliphatic rings. The van der Waals surface area contributed by atoms with Gasteiger partial charge in [0, 0.05) is 29.3 Å². The molecule has 0 aliphatic carbocycles. The maximum Gasteiger partial charge on any atom is 0.170 e. The van der Waals surface area contributed by atoms with E-state index < -0.39 is 0 Å². The van der Waals surface area contributed by atoms with Gasteiger partial charge in [-0.25, -0.2) is 0 Å². The van der Waals surface area contributed by atoms with Gasteiger partial charge >= 0.3 is 0 Å². The Hall–Kier alpha value is -2.66. The average Bonchev–Trinajstić information content (AvgIpc) is 3.19. The molecule has 29 heavy (non-hydrogen) atoms. The van der Waals surface area contributed by atoms with E-state index in [1.807, 2.05) is 18.3 Å². The van der Waals surface area contributed by atoms with E-state index in [1.54, 1.807) is 0 Å². The summed E-state index contributed by atoms with van der Waals surface area (Å²) in [4.78, 5) is 6.96. The minimum atomic E-state index is 0.0249. The number of hydrogen-bond donors (Lipinski definition) is 1. The number of benzene rings is 1. The third-order valence-electron chi connectivity index (χ3n) is 5.84. The Labute approximate surface area is 178 Å². The van der Waals surface area contributed by atoms with Gasteiger partial charge in [-0.05, 0) is 82.2 Å². The predicted octanol–water partition coefficient (Wildman–Crippen LogP) is 5.18. The highest BCUT2D eigenvalue weighted by Gasteiger charge is 2.42. The van der Waals surface area contributed by atoms with Crippen molar-refractivity contribution in [3.05, 3.63) is 82.9 Å². The molecule has 1 saturated heterocycles. The summed E-state index contributed by atoms with van der Waals surface area (Å²) in [7, 11) is 0. The number of nitrogens with zero attached hydrogens (tertiary/aromatic N) is 3. The van der Waals surface area contributed by atoms with Gasteiger partial charge < -0.3 is 14.8 Å². The van der Waals surface area contributed by atoms with Crippen molar-refractivity contribution in [3.63, 3.8) is 0 Å². The standard InChI is InChI=1S/C24H28N4S/c1-15(2)27-23(22(26-24(27)29)20-11-8-9-13-25-20)19-14-17(4)28(18(19)5)21-12-7-6-10-16(21)3/h6-15,22-23H,1-5H3,(H,26,29)/t22-,23-/m0/s1. The van der Waals surface area contributed by atoms with E-state index in [0.717, 1.165) is 10.8 Å². The van der Waals surface area contributed by atoms with Gasteiger partial charge in [-0.15, -0.1) is 0 Å². The molecule has 4 rings (SSSR count). The minimum absolute atomic E-state index is 0.0249. The van der Waals surface area contributed by atoms with Crippen LogP contribution in [0.4, 0.5) is 0 Å². The lowest BCUT2D eigenvalue weighted by Gasteiger charge is -2.31. The quantitative estimate of drug-likeness (QED) is 0.608. The molecule has 1 fully saturated rings. The van der Waals surface area contributed by atoms with Crippen molar-refractivity contribution < 1.29 is 0 Å². The van der Waals surface area contributed by atoms with Crippen molar-refractivity contribution in [2.75, 3.05) is 0 Å². The predicted molar refractivity (Wildman–Crippen MR) is 122 cm³/mol. The number of hydrogen-bond acceptors (Lipinski definition) is 2. The minimum Gasteiger partial charge on any atom is -0.352 e. The largest absolute Gasteiger partial charge is 0.352 e. The highest BCUT2D eigenvalue weighted by molar-refractivity contribution is 7.80. The summed E-state index contributed by atoms with van der Waals surface area (Å²) in [5.41, 5.74) is 7.29. The first-order chi connectivity index (χ1) is 13.9. The maximum atomic E-state index is 5.75. The molecule has 0 spiro atoms. The lowest BCUT2D eigenvalue weighted by molar-refractivity contribution is 0.269. The fourth-order valence-corrected chi connectivity index (χ4v) is 4.98. The summed E-state index contributed by atoms with van der Waals surface area (Å²) in [6, 6.07) is 17.3. The summed E-state index contributed by atoms with van der Waals surface area (Å²) < 4.78 is 2.36. The molecule has 3 heterocycles. The van der Waals surface area contributed by atoms with Gasteiger partial charge in [0.1, 0.15) is 0 Å². The Morgan fingerprint density at radius 2 is 1.76 bits per heavy atom. The van der Waals surface area contributed by atoms with Crippen LogP contribution in [-0.2, 0) is 0 Å². The molecule has 3 aromatic rings. The van der Waals surface area contributed by atoms with Gasteiger partial charge in [-0.3, -0.25) is 4.98 Å². The molecule has 0 radical (unpaired) electrons. The highest BCUT2D eigenvalue weighted by atomic mass is 32.1. The van der Waals surface area contributed by atoms with Crippen molar-refractivity contribution in [2.45, 2.75) is 52.7 Å². The summed E-state index contributed by atoms with van der Waals surface area (Å²) in [5, 5.41) is 4.34. The third kappa shape index (κ3) is 3.33. The number of rotatable bonds is 4. The smallest absolute Gasteiger partial charge is 0.170 e. The Balaban J connectivity index is 1.88. The monoisotopic (exact) mass is 404 g/mol. The van der Waals surface area contributed by atoms with Gasteiger partial charge in [0.05, 0.1) is 17.8 Å². The second-order valence-electron chi connectivity index (χ2n) is 8.08. The first-order valence-corrected chi connectivity index (χ1v) is 10.6. The van der Waals surface area contributed by atoms with E-state index in [1.165, 1.54) is 28.2 Å². The molecule has 150 valence electrons. The Morgan fingerprint density at radius 3 is 2.41 bits per heavy atom. The number of pyridine rings is 1. The number of thiocarbonyl (C=S) groups is 1. The van der Waals surface area contributed by atoms with Crippen molar-refractivity contribution in [3.8, 4) is 5.69 Å². The topological polar surface area (TPSA) is 33.1 Å². The lowest BCUT2D eigenvalue weighted by atomic mass is 9.96. The third-order valence-corrected chi connectivity index (χ3v) is 6.17. The van der Waals surface area contributed by atoms with Crippen LogP contribution < -0.4 is 5.32 Å². The Kier molecular flexibility index (Phi) is 5.17. The molecule has 1 aromatic carbocycles. The fourth-order valence-electron chi connectivity index (χ4n) is 4.53. The summed E-state index contributed by atoms with van der Waals surface area (Å²) in [6.07, 6.45) is 1.85. The summed E-state index contributed by atoms with van der Waals surface area (Å²) in [5.74, 6) is 0. The molecule has 1 N–H and O–H groups in total. The first kappa shape index (κ1) is 19.6. The number of aryl methyl sites for hydroxylation is 2. The van der Waals surface area contributed by atoms with E-state index >= 15 is 0 Å². The van der Waals surface area contributed by atoms with Crippen LogP contribution in [-0.4, -0.2) is 25.6 Å². The number of para-hydroxylation sites is 1. The van der Waals surface area contributed by atoms with Crippen molar-refractivity contribution in [1.82, 2.24) is 19.8 Å². The van der Waals surface area contributed by atoms with Crippen LogP contribution >= 0.6 is 12.2 Å². The molecule has 5 heteroatoms. The zero-order chi connectivity index (χ0) is 20.7. The average molecular weight is 405 g/mol. The normalized spacial score (nSPS) is 19.1. The maximum absolute atomic E-state index is 5.75. The van der Waals surface area contributed by atoms with Gasteiger partial charge in [-0.2, -0.15) is 0 Å². The SMILES string of the molecule is Cc1ccccc1-n1c(C)cc([C@H]2[C@H](c3ccccn3)NC(=S)N2C(C)C)c1C. The van der Waals surface area contributed by atoms with Crippen LogP contribution in [0.15, 0.2) is 54.7 Å². The zero-order valence-corrected chi connectivity index (χ0v) is 18.5. The fraction of sp³-hybridized carbons (Fsp3) is 0.333. The second-order valence-corrected chi connectivity index (χ2v) is 8.46. The number of nitrogens with one attached hydrogen (secondary N) is 1. The first-order valence-electron chi connectivity index (χ1n) is 10.1. The number of aromatic nitrogens is 2. The Morgan fingerprint density at radius 1 is 1.03 bits per heavy atom. The van der Waals surface area contributed by atoms with Crippen LogP contribution in [0.3, 0.4) is 0 Å². The summed E-state index contributed by atoms with van der Waals surface area (Å²) >= 11 is 5.75. The van der Waals surface area contributed by atoms with Gasteiger partial charge in [0.2, 0.25) is 0 Å². The molecular weight excluding hydrogens is 376 g/mol. The van der Waals surface area contributed by atoms with Crippen LogP contribution in [0.2, 0.25) is 0 Å². The molecule has 2 aromatic heterocycles. The second kappa shape index (κ2) is 7.64. The van der Waals surface area contributed by atoms with E-state index in [-0.39, 0.29) is 18.1 Å². The molecule has 4 nitrogen and oxygen atoms in total. The van der Waals surface area contributed by atoms with Crippen LogP contribution in [0.25, 0.3) is 5.69 Å². The van der Waals surface area contributed by atoms with Gasteiger partial charge in [0.25, 0.3) is 0 Å². The Bertz CT molecular complexity index is 1040. The molecule has 0 bridgehead atoms. The van der Waals surface area contributed by atoms with E-state index in [0.29, 0.717) is 0 Å². The molecule has 1 aliphatic heterocycles. The molecule has 0 unspecified atom stereocenters. The highest BCUT2D eigenvalue weighted by Crippen LogP contribution is 2.42. The van der Waals surface area contributed by atoms with Crippen molar-refractivity contribution in [2.24, 2.45) is 0 Å². The van der Waals surface area contributed by atoms with Crippen molar-refractivity contribution >= 4 is 17.3 Å². The molecule has 0 saturated carbocycles. The van der Waals surface area contributed by atoms with Gasteiger partial charge in [0.15, 0.2) is 5.11 Å². The zero-order valence-electron chi connectivity index (χ0n) is 17.7. The van der Waals surface area contributed by atoms with E-state index in [4.69, 9.17) is 12.2 Å². The van der Waals surface area contributed by atoms with Crippen LogP contribution in [0, 0.1) is 20.8 Å². The van der Waals surface area contributed by atoms with Gasteiger partial charge in [-0.1, -0.05) is 24.3 Å². The van der Waals surface area contributed by atoms with Crippen LogP contribution in [0.5, 0.6) is 0 Å². The molecular formula is C24H28N4S. The molecule has 0 amide bonds.